The topological polar surface area (TPSA) is 37.0 Å². The number of nitrogens with one attached hydrogen (secondary N) is 2. The van der Waals surface area contributed by atoms with Crippen LogP contribution in [0.3, 0.4) is 0 Å². The highest BCUT2D eigenvalue weighted by Gasteiger charge is 2.17. The predicted octanol–water partition coefficient (Wildman–Crippen LogP) is 5.52. The van der Waals surface area contributed by atoms with Crippen LogP contribution in [0.5, 0.6) is 0 Å². The lowest BCUT2D eigenvalue weighted by Crippen LogP contribution is -2.44. The molecule has 0 spiro atoms. The summed E-state index contributed by atoms with van der Waals surface area (Å²) in [6, 6.07) is 15.7. The number of fused-ring (bicyclic) bond motifs is 1. The third-order valence-electron chi connectivity index (χ3n) is 4.11. The smallest absolute Gasteiger partial charge is 0.0737 e. The molecule has 0 fully saturated rings. The average Bonchev–Trinajstić information content (AvgIpc) is 2.59. The lowest BCUT2D eigenvalue weighted by molar-refractivity contribution is 0.407. The minimum atomic E-state index is -0.0817. The Morgan fingerprint density at radius 3 is 2.44 bits per heavy atom. The minimum Gasteiger partial charge on any atom is -0.383 e. The second-order valence-electron chi connectivity index (χ2n) is 6.74. The van der Waals surface area contributed by atoms with Crippen LogP contribution in [-0.2, 0) is 6.54 Å². The maximum Gasteiger partial charge on any atom is 0.0737 e. The van der Waals surface area contributed by atoms with Gasteiger partial charge in [0.1, 0.15) is 0 Å². The third-order valence-corrected chi connectivity index (χ3v) is 4.60. The van der Waals surface area contributed by atoms with E-state index in [0.717, 1.165) is 34.7 Å². The second-order valence-corrected chi connectivity index (χ2v) is 7.61. The maximum atomic E-state index is 6.05. The van der Waals surface area contributed by atoms with Crippen molar-refractivity contribution in [2.24, 2.45) is 0 Å². The lowest BCUT2D eigenvalue weighted by Gasteiger charge is -2.27. The minimum absolute atomic E-state index is 0.0817. The molecule has 3 rings (SSSR count). The first-order chi connectivity index (χ1) is 11.9. The van der Waals surface area contributed by atoms with Crippen molar-refractivity contribution >= 4 is 39.8 Å². The van der Waals surface area contributed by atoms with Gasteiger partial charge in [-0.25, -0.2) is 0 Å². The van der Waals surface area contributed by atoms with Crippen LogP contribution in [0, 0.1) is 0 Å². The van der Waals surface area contributed by atoms with Crippen molar-refractivity contribution in [2.75, 3.05) is 11.9 Å². The van der Waals surface area contributed by atoms with E-state index in [1.165, 1.54) is 5.56 Å². The number of nitrogens with zero attached hydrogens (tertiary/aromatic N) is 1. The van der Waals surface area contributed by atoms with Gasteiger partial charge in [0.25, 0.3) is 0 Å². The standard InChI is InChI=1S/C20H21Cl2N3/c1-20(2,25-12-14-3-5-15(21)6-4-14)13-24-18-9-10-23-19-11-16(22)7-8-17(18)19/h3-11,25H,12-13H2,1-2H3,(H,23,24). The van der Waals surface area contributed by atoms with Crippen LogP contribution in [0.1, 0.15) is 19.4 Å². The molecule has 3 aromatic rings. The van der Waals surface area contributed by atoms with Gasteiger partial charge in [0.2, 0.25) is 0 Å². The summed E-state index contributed by atoms with van der Waals surface area (Å²) in [5.41, 5.74) is 3.08. The van der Waals surface area contributed by atoms with Crippen molar-refractivity contribution in [3.8, 4) is 0 Å². The second kappa shape index (κ2) is 7.61. The van der Waals surface area contributed by atoms with Crippen LogP contribution in [0.2, 0.25) is 10.0 Å². The largest absolute Gasteiger partial charge is 0.383 e. The fourth-order valence-corrected chi connectivity index (χ4v) is 2.89. The fourth-order valence-electron chi connectivity index (χ4n) is 2.60. The Labute approximate surface area is 158 Å². The molecule has 0 saturated carbocycles. The van der Waals surface area contributed by atoms with Crippen LogP contribution in [0.4, 0.5) is 5.69 Å². The summed E-state index contributed by atoms with van der Waals surface area (Å²) in [5.74, 6) is 0. The van der Waals surface area contributed by atoms with E-state index in [2.05, 4.69) is 29.5 Å². The van der Waals surface area contributed by atoms with Crippen molar-refractivity contribution < 1.29 is 0 Å². The van der Waals surface area contributed by atoms with Crippen LogP contribution >= 0.6 is 23.2 Å². The molecule has 0 unspecified atom stereocenters. The van der Waals surface area contributed by atoms with Crippen molar-refractivity contribution in [1.29, 1.82) is 0 Å². The van der Waals surface area contributed by atoms with E-state index >= 15 is 0 Å². The van der Waals surface area contributed by atoms with Crippen molar-refractivity contribution in [3.05, 3.63) is 70.3 Å². The van der Waals surface area contributed by atoms with E-state index in [1.54, 1.807) is 6.20 Å². The molecule has 130 valence electrons. The molecule has 0 bridgehead atoms. The van der Waals surface area contributed by atoms with E-state index in [9.17, 15) is 0 Å². The van der Waals surface area contributed by atoms with Gasteiger partial charge in [-0.3, -0.25) is 4.98 Å². The molecule has 25 heavy (non-hydrogen) atoms. The number of pyridine rings is 1. The Morgan fingerprint density at radius 1 is 0.960 bits per heavy atom. The number of hydrogen-bond acceptors (Lipinski definition) is 3. The summed E-state index contributed by atoms with van der Waals surface area (Å²) >= 11 is 12.0. The molecule has 0 radical (unpaired) electrons. The van der Waals surface area contributed by atoms with Crippen molar-refractivity contribution in [2.45, 2.75) is 25.9 Å². The zero-order valence-electron chi connectivity index (χ0n) is 14.3. The number of halogens is 2. The molecule has 1 aromatic heterocycles. The quantitative estimate of drug-likeness (QED) is 0.596. The predicted molar refractivity (Wildman–Crippen MR) is 108 cm³/mol. The summed E-state index contributed by atoms with van der Waals surface area (Å²) in [5, 5.41) is 9.63. The number of aromatic nitrogens is 1. The first kappa shape index (κ1) is 18.0. The van der Waals surface area contributed by atoms with Crippen LogP contribution in [-0.4, -0.2) is 17.1 Å². The van der Waals surface area contributed by atoms with Crippen molar-refractivity contribution in [1.82, 2.24) is 10.3 Å². The van der Waals surface area contributed by atoms with Crippen LogP contribution in [0.25, 0.3) is 10.9 Å². The average molecular weight is 374 g/mol. The SMILES string of the molecule is CC(C)(CNc1ccnc2cc(Cl)ccc12)NCc1ccc(Cl)cc1. The molecule has 0 saturated heterocycles. The van der Waals surface area contributed by atoms with Gasteiger partial charge < -0.3 is 10.6 Å². The zero-order valence-corrected chi connectivity index (χ0v) is 15.8. The van der Waals surface area contributed by atoms with E-state index < -0.39 is 0 Å². The number of hydrogen-bond donors (Lipinski definition) is 2. The normalized spacial score (nSPS) is 11.7. The summed E-state index contributed by atoms with van der Waals surface area (Å²) in [4.78, 5) is 4.38. The van der Waals surface area contributed by atoms with Gasteiger partial charge in [0.05, 0.1) is 5.52 Å². The Balaban J connectivity index is 1.64. The first-order valence-electron chi connectivity index (χ1n) is 8.21. The number of rotatable bonds is 6. The van der Waals surface area contributed by atoms with E-state index in [4.69, 9.17) is 23.2 Å². The summed E-state index contributed by atoms with van der Waals surface area (Å²) in [6.45, 7) is 5.92. The van der Waals surface area contributed by atoms with Crippen LogP contribution in [0.15, 0.2) is 54.7 Å². The highest BCUT2D eigenvalue weighted by atomic mass is 35.5. The highest BCUT2D eigenvalue weighted by molar-refractivity contribution is 6.31. The molecule has 1 heterocycles. The molecule has 2 aromatic carbocycles. The van der Waals surface area contributed by atoms with Gasteiger partial charge in [-0.1, -0.05) is 35.3 Å². The van der Waals surface area contributed by atoms with E-state index in [0.29, 0.717) is 5.02 Å². The van der Waals surface area contributed by atoms with Crippen LogP contribution < -0.4 is 10.6 Å². The molecule has 2 N–H and O–H groups in total. The summed E-state index contributed by atoms with van der Waals surface area (Å²) < 4.78 is 0. The molecule has 5 heteroatoms. The molecule has 0 aliphatic rings. The Hall–Kier alpha value is -1.81. The van der Waals surface area contributed by atoms with Crippen molar-refractivity contribution in [3.63, 3.8) is 0 Å². The van der Waals surface area contributed by atoms with E-state index in [1.807, 2.05) is 48.5 Å². The highest BCUT2D eigenvalue weighted by Crippen LogP contribution is 2.24. The molecule has 0 aliphatic carbocycles. The Morgan fingerprint density at radius 2 is 1.68 bits per heavy atom. The van der Waals surface area contributed by atoms with Gasteiger partial charge in [0.15, 0.2) is 0 Å². The molecule has 0 atom stereocenters. The number of anilines is 1. The molecule has 0 amide bonds. The summed E-state index contributed by atoms with van der Waals surface area (Å²) in [7, 11) is 0. The Kier molecular flexibility index (Phi) is 5.48. The molecular weight excluding hydrogens is 353 g/mol. The Bertz CT molecular complexity index is 860. The van der Waals surface area contributed by atoms with Gasteiger partial charge in [0, 0.05) is 45.9 Å². The van der Waals surface area contributed by atoms with Gasteiger partial charge in [-0.05, 0) is 55.8 Å². The van der Waals surface area contributed by atoms with E-state index in [-0.39, 0.29) is 5.54 Å². The van der Waals surface area contributed by atoms with Gasteiger partial charge >= 0.3 is 0 Å². The molecule has 0 aliphatic heterocycles. The van der Waals surface area contributed by atoms with Gasteiger partial charge in [-0.15, -0.1) is 0 Å². The zero-order chi connectivity index (χ0) is 17.9. The monoisotopic (exact) mass is 373 g/mol. The third kappa shape index (κ3) is 4.85. The molecular formula is C20H21Cl2N3. The summed E-state index contributed by atoms with van der Waals surface area (Å²) in [6.07, 6.45) is 1.80. The fraction of sp³-hybridized carbons (Fsp3) is 0.250. The molecule has 3 nitrogen and oxygen atoms in total. The number of benzene rings is 2. The van der Waals surface area contributed by atoms with Gasteiger partial charge in [-0.2, -0.15) is 0 Å². The lowest BCUT2D eigenvalue weighted by atomic mass is 10.0. The first-order valence-corrected chi connectivity index (χ1v) is 8.96. The maximum absolute atomic E-state index is 6.05.